The van der Waals surface area contributed by atoms with Crippen LogP contribution in [-0.2, 0) is 6.54 Å². The van der Waals surface area contributed by atoms with Gasteiger partial charge in [0.05, 0.1) is 11.2 Å². The SMILES string of the molecule is CCCn1nncc1C(=O)c1cccc(Br)c1Cl. The molecule has 0 unspecified atom stereocenters. The Morgan fingerprint density at radius 3 is 3.00 bits per heavy atom. The first-order valence-corrected chi connectivity index (χ1v) is 6.69. The minimum Gasteiger partial charge on any atom is -0.287 e. The normalized spacial score (nSPS) is 10.6. The number of aryl methyl sites for hydroxylation is 1. The summed E-state index contributed by atoms with van der Waals surface area (Å²) >= 11 is 9.42. The molecule has 0 bridgehead atoms. The summed E-state index contributed by atoms with van der Waals surface area (Å²) < 4.78 is 2.30. The highest BCUT2D eigenvalue weighted by atomic mass is 79.9. The summed E-state index contributed by atoms with van der Waals surface area (Å²) in [5.74, 6) is -0.167. The minimum absolute atomic E-state index is 0.167. The molecule has 6 heteroatoms. The third-order valence-electron chi connectivity index (χ3n) is 2.48. The number of hydrogen-bond donors (Lipinski definition) is 0. The second-order valence-corrected chi connectivity index (χ2v) is 5.01. The van der Waals surface area contributed by atoms with Gasteiger partial charge in [0.15, 0.2) is 0 Å². The third kappa shape index (κ3) is 2.47. The Morgan fingerprint density at radius 1 is 1.50 bits per heavy atom. The highest BCUT2D eigenvalue weighted by Crippen LogP contribution is 2.27. The zero-order chi connectivity index (χ0) is 13.1. The molecular weight excluding hydrogens is 318 g/mol. The molecule has 0 N–H and O–H groups in total. The number of halogens is 2. The molecule has 0 amide bonds. The predicted molar refractivity (Wildman–Crippen MR) is 72.9 cm³/mol. The Morgan fingerprint density at radius 2 is 2.28 bits per heavy atom. The summed E-state index contributed by atoms with van der Waals surface area (Å²) in [6.07, 6.45) is 2.35. The van der Waals surface area contributed by atoms with E-state index in [0.717, 1.165) is 6.42 Å². The Balaban J connectivity index is 2.42. The molecule has 0 fully saturated rings. The molecule has 0 aliphatic carbocycles. The van der Waals surface area contributed by atoms with Crippen molar-refractivity contribution in [3.63, 3.8) is 0 Å². The zero-order valence-electron chi connectivity index (χ0n) is 9.73. The summed E-state index contributed by atoms with van der Waals surface area (Å²) in [7, 11) is 0. The Hall–Kier alpha value is -1.20. The van der Waals surface area contributed by atoms with Crippen LogP contribution in [-0.4, -0.2) is 20.8 Å². The molecule has 1 aromatic heterocycles. The molecule has 0 radical (unpaired) electrons. The lowest BCUT2D eigenvalue weighted by atomic mass is 10.1. The van der Waals surface area contributed by atoms with Gasteiger partial charge in [-0.1, -0.05) is 29.8 Å². The molecule has 94 valence electrons. The van der Waals surface area contributed by atoms with Gasteiger partial charge in [-0.3, -0.25) is 4.79 Å². The zero-order valence-corrected chi connectivity index (χ0v) is 12.1. The fourth-order valence-corrected chi connectivity index (χ4v) is 2.21. The lowest BCUT2D eigenvalue weighted by molar-refractivity contribution is 0.102. The van der Waals surface area contributed by atoms with E-state index in [9.17, 15) is 4.79 Å². The number of nitrogens with zero attached hydrogens (tertiary/aromatic N) is 3. The van der Waals surface area contributed by atoms with Crippen LogP contribution in [0, 0.1) is 0 Å². The Kier molecular flexibility index (Phi) is 4.14. The number of ketones is 1. The summed E-state index contributed by atoms with van der Waals surface area (Å²) in [6.45, 7) is 2.68. The van der Waals surface area contributed by atoms with E-state index in [1.54, 1.807) is 22.9 Å². The number of rotatable bonds is 4. The Labute approximate surface area is 118 Å². The lowest BCUT2D eigenvalue weighted by Crippen LogP contribution is -2.12. The number of benzene rings is 1. The standard InChI is InChI=1S/C12H11BrClN3O/c1-2-6-17-10(7-15-16-17)12(18)8-4-3-5-9(13)11(8)14/h3-5,7H,2,6H2,1H3. The van der Waals surface area contributed by atoms with Crippen LogP contribution in [0.4, 0.5) is 0 Å². The maximum Gasteiger partial charge on any atom is 0.214 e. The van der Waals surface area contributed by atoms with E-state index >= 15 is 0 Å². The summed E-state index contributed by atoms with van der Waals surface area (Å²) in [5, 5.41) is 8.08. The topological polar surface area (TPSA) is 47.8 Å². The van der Waals surface area contributed by atoms with Gasteiger partial charge >= 0.3 is 0 Å². The monoisotopic (exact) mass is 327 g/mol. The molecule has 0 aliphatic heterocycles. The van der Waals surface area contributed by atoms with Gasteiger partial charge in [0, 0.05) is 16.6 Å². The number of hydrogen-bond acceptors (Lipinski definition) is 3. The summed E-state index contributed by atoms with van der Waals surface area (Å²) in [4.78, 5) is 12.4. The summed E-state index contributed by atoms with van der Waals surface area (Å²) in [5.41, 5.74) is 0.905. The third-order valence-corrected chi connectivity index (χ3v) is 3.78. The fourth-order valence-electron chi connectivity index (χ4n) is 1.63. The van der Waals surface area contributed by atoms with Crippen molar-refractivity contribution in [3.8, 4) is 0 Å². The van der Waals surface area contributed by atoms with Crippen LogP contribution in [0.15, 0.2) is 28.9 Å². The molecule has 2 aromatic rings. The maximum atomic E-state index is 12.4. The van der Waals surface area contributed by atoms with E-state index in [1.807, 2.05) is 6.92 Å². The number of carbonyl (C=O) groups is 1. The van der Waals surface area contributed by atoms with Crippen molar-refractivity contribution in [1.82, 2.24) is 15.0 Å². The van der Waals surface area contributed by atoms with E-state index in [2.05, 4.69) is 26.2 Å². The van der Waals surface area contributed by atoms with Crippen LogP contribution >= 0.6 is 27.5 Å². The molecule has 4 nitrogen and oxygen atoms in total. The average molecular weight is 329 g/mol. The molecule has 1 heterocycles. The van der Waals surface area contributed by atoms with Crippen LogP contribution in [0.3, 0.4) is 0 Å². The van der Waals surface area contributed by atoms with E-state index in [1.165, 1.54) is 6.20 Å². The largest absolute Gasteiger partial charge is 0.287 e. The van der Waals surface area contributed by atoms with Gasteiger partial charge < -0.3 is 0 Å². The predicted octanol–water partition coefficient (Wildman–Crippen LogP) is 3.34. The minimum atomic E-state index is -0.167. The van der Waals surface area contributed by atoms with Gasteiger partial charge in [-0.15, -0.1) is 5.10 Å². The van der Waals surface area contributed by atoms with Crippen molar-refractivity contribution >= 4 is 33.3 Å². The lowest BCUT2D eigenvalue weighted by Gasteiger charge is -2.06. The fraction of sp³-hybridized carbons (Fsp3) is 0.250. The number of carbonyl (C=O) groups excluding carboxylic acids is 1. The van der Waals surface area contributed by atoms with Crippen LogP contribution in [0.2, 0.25) is 5.02 Å². The van der Waals surface area contributed by atoms with E-state index < -0.39 is 0 Å². The van der Waals surface area contributed by atoms with Crippen LogP contribution < -0.4 is 0 Å². The number of aromatic nitrogens is 3. The first-order chi connectivity index (χ1) is 8.65. The Bertz CT molecular complexity index is 582. The van der Waals surface area contributed by atoms with Crippen molar-refractivity contribution < 1.29 is 4.79 Å². The molecule has 2 rings (SSSR count). The highest BCUT2D eigenvalue weighted by molar-refractivity contribution is 9.10. The molecule has 0 spiro atoms. The molecular formula is C12H11BrClN3O. The molecule has 0 aliphatic rings. The van der Waals surface area contributed by atoms with Crippen molar-refractivity contribution in [3.05, 3.63) is 45.1 Å². The maximum absolute atomic E-state index is 12.4. The van der Waals surface area contributed by atoms with E-state index in [0.29, 0.717) is 27.3 Å². The second-order valence-electron chi connectivity index (χ2n) is 3.77. The molecule has 1 aromatic carbocycles. The molecule has 0 atom stereocenters. The molecule has 0 saturated carbocycles. The van der Waals surface area contributed by atoms with Gasteiger partial charge in [-0.05, 0) is 34.5 Å². The molecule has 0 saturated heterocycles. The van der Waals surface area contributed by atoms with Crippen LogP contribution in [0.5, 0.6) is 0 Å². The van der Waals surface area contributed by atoms with Crippen molar-refractivity contribution in [1.29, 1.82) is 0 Å². The van der Waals surface area contributed by atoms with E-state index in [4.69, 9.17) is 11.6 Å². The van der Waals surface area contributed by atoms with E-state index in [-0.39, 0.29) is 5.78 Å². The highest BCUT2D eigenvalue weighted by Gasteiger charge is 2.18. The first-order valence-electron chi connectivity index (χ1n) is 5.52. The quantitative estimate of drug-likeness (QED) is 0.809. The van der Waals surface area contributed by atoms with Crippen molar-refractivity contribution in [2.45, 2.75) is 19.9 Å². The molecule has 18 heavy (non-hydrogen) atoms. The first kappa shape index (κ1) is 13.2. The van der Waals surface area contributed by atoms with Gasteiger partial charge in [0.25, 0.3) is 0 Å². The second kappa shape index (κ2) is 5.63. The average Bonchev–Trinajstić information content (AvgIpc) is 2.80. The summed E-state index contributed by atoms with van der Waals surface area (Å²) in [6, 6.07) is 5.26. The van der Waals surface area contributed by atoms with Gasteiger partial charge in [-0.25, -0.2) is 4.68 Å². The van der Waals surface area contributed by atoms with Crippen LogP contribution in [0.1, 0.15) is 29.4 Å². The van der Waals surface area contributed by atoms with Gasteiger partial charge in [0.2, 0.25) is 5.78 Å². The van der Waals surface area contributed by atoms with Crippen molar-refractivity contribution in [2.24, 2.45) is 0 Å². The van der Waals surface area contributed by atoms with Crippen LogP contribution in [0.25, 0.3) is 0 Å². The van der Waals surface area contributed by atoms with Gasteiger partial charge in [0.1, 0.15) is 5.69 Å². The van der Waals surface area contributed by atoms with Crippen molar-refractivity contribution in [2.75, 3.05) is 0 Å². The van der Waals surface area contributed by atoms with Gasteiger partial charge in [-0.2, -0.15) is 0 Å². The smallest absolute Gasteiger partial charge is 0.214 e.